The van der Waals surface area contributed by atoms with Crippen LogP contribution in [0.4, 0.5) is 36.6 Å². The van der Waals surface area contributed by atoms with Crippen LogP contribution in [0.5, 0.6) is 0 Å². The van der Waals surface area contributed by atoms with Crippen molar-refractivity contribution >= 4 is 75.7 Å². The van der Waals surface area contributed by atoms with Crippen molar-refractivity contribution in [3.05, 3.63) is 170 Å². The monoisotopic (exact) mass is 884 g/mol. The first-order valence-corrected chi connectivity index (χ1v) is 20.4. The quantitative estimate of drug-likeness (QED) is 0.128. The van der Waals surface area contributed by atoms with Gasteiger partial charge in [0, 0.05) is 47.4 Å². The minimum atomic E-state index is 0.894. The minimum Gasteiger partial charge on any atom is -0.159 e. The van der Waals surface area contributed by atoms with Crippen molar-refractivity contribution in [3.8, 4) is 66.8 Å². The van der Waals surface area contributed by atoms with Gasteiger partial charge in [-0.15, -0.1) is 0 Å². The van der Waals surface area contributed by atoms with Gasteiger partial charge in [-0.2, -0.15) is 20.4 Å². The summed E-state index contributed by atoms with van der Waals surface area (Å²) < 4.78 is 64.0. The molecule has 0 N–H and O–H groups in total. The summed E-state index contributed by atoms with van der Waals surface area (Å²) in [5, 5.41) is 32.0. The summed E-state index contributed by atoms with van der Waals surface area (Å²) in [4.78, 5) is 0. The molecule has 0 atom stereocenters. The molecule has 4 nitrogen and oxygen atoms in total. The summed E-state index contributed by atoms with van der Waals surface area (Å²) in [5.74, 6) is 0. The highest BCUT2D eigenvalue weighted by Crippen LogP contribution is 2.57. The summed E-state index contributed by atoms with van der Waals surface area (Å²) in [5.41, 5.74) is 17.0. The van der Waals surface area contributed by atoms with Gasteiger partial charge in [-0.1, -0.05) is 109 Å². The maximum absolute atomic E-state index is 8.00. The first-order chi connectivity index (χ1) is 32.8. The van der Waals surface area contributed by atoms with Gasteiger partial charge in [0.2, 0.25) is 0 Å². The SMILES string of the molecule is FF.FF.FF.FF.c1cc2c3c(cccc3c1)-c1c-2cc2c(ccc3c4cc5c(c(-c6ccc7nnccc7c6)c4ccc23)-c2cccc3cccc-5c23)c1-c1ccc2nnccc2c1. The Morgan fingerprint density at radius 1 is 0.273 bits per heavy atom. The lowest BCUT2D eigenvalue weighted by Gasteiger charge is -2.19. The first-order valence-electron chi connectivity index (χ1n) is 20.4. The maximum Gasteiger partial charge on any atom is 0.0930 e. The molecule has 2 aromatic heterocycles. The summed E-state index contributed by atoms with van der Waals surface area (Å²) in [6.45, 7) is 0. The predicted octanol–water partition coefficient (Wildman–Crippen LogP) is 17.3. The van der Waals surface area contributed by atoms with Crippen LogP contribution in [0.3, 0.4) is 0 Å². The molecule has 0 bridgehead atoms. The zero-order valence-corrected chi connectivity index (χ0v) is 34.0. The molecule has 0 saturated carbocycles. The molecule has 12 aromatic rings. The van der Waals surface area contributed by atoms with Gasteiger partial charge < -0.3 is 0 Å². The lowest BCUT2D eigenvalue weighted by atomic mass is 9.83. The number of aromatic nitrogens is 4. The molecule has 0 aliphatic heterocycles. The fourth-order valence-corrected chi connectivity index (χ4v) is 10.6. The number of nitrogens with zero attached hydrogens (tertiary/aromatic N) is 4. The normalized spacial score (nSPS) is 11.3. The smallest absolute Gasteiger partial charge is 0.0930 e. The van der Waals surface area contributed by atoms with Crippen LogP contribution in [0.1, 0.15) is 0 Å². The molecule has 320 valence electrons. The Bertz CT molecular complexity index is 3640. The molecule has 12 heteroatoms. The molecule has 2 aliphatic carbocycles. The van der Waals surface area contributed by atoms with Gasteiger partial charge in [-0.05, 0) is 169 Å². The van der Waals surface area contributed by atoms with E-state index in [-0.39, 0.29) is 0 Å². The van der Waals surface area contributed by atoms with E-state index in [1.165, 1.54) is 121 Å². The zero-order valence-electron chi connectivity index (χ0n) is 34.0. The Balaban J connectivity index is 0.000000609. The number of hydrogen-bond acceptors (Lipinski definition) is 4. The highest BCUT2D eigenvalue weighted by molar-refractivity contribution is 6.30. The second kappa shape index (κ2) is 17.0. The molecule has 0 amide bonds. The third-order valence-corrected chi connectivity index (χ3v) is 13.0. The van der Waals surface area contributed by atoms with Crippen LogP contribution in [0.15, 0.2) is 170 Å². The molecule has 0 spiro atoms. The lowest BCUT2D eigenvalue weighted by molar-refractivity contribution is 0.108. The second-order valence-electron chi connectivity index (χ2n) is 15.8. The average molecular weight is 885 g/mol. The van der Waals surface area contributed by atoms with E-state index in [0.717, 1.165) is 21.8 Å². The van der Waals surface area contributed by atoms with Gasteiger partial charge in [-0.25, -0.2) is 0 Å². The van der Waals surface area contributed by atoms with Crippen molar-refractivity contribution in [2.75, 3.05) is 0 Å². The predicted molar refractivity (Wildman–Crippen MR) is 249 cm³/mol. The fourth-order valence-electron chi connectivity index (χ4n) is 10.6. The van der Waals surface area contributed by atoms with Crippen molar-refractivity contribution in [3.63, 3.8) is 0 Å². The number of benzene rings is 10. The standard InChI is InChI=1S/C54H28N4.4F2/c1-5-29-7-3-11-41-49(29)37(9-1)45-27-43-35-15-18-40-44(36(35)16-17-39(43)51(53(41)45)33-13-19-47-31(25-33)21-23-55-57-47)28-46-38-10-2-6-30-8-4-12-42(50(30)38)54(46)52(40)34-14-20-48-32(26-34)22-24-56-58-48;4*1-2/h1-28H;;;;. The van der Waals surface area contributed by atoms with Crippen molar-refractivity contribution in [2.24, 2.45) is 0 Å². The van der Waals surface area contributed by atoms with Gasteiger partial charge in [0.15, 0.2) is 0 Å². The Kier molecular flexibility index (Phi) is 10.7. The van der Waals surface area contributed by atoms with E-state index in [1.54, 1.807) is 12.4 Å². The van der Waals surface area contributed by atoms with Gasteiger partial charge in [0.1, 0.15) is 0 Å². The largest absolute Gasteiger partial charge is 0.159 e. The maximum atomic E-state index is 8.00. The molecule has 0 unspecified atom stereocenters. The van der Waals surface area contributed by atoms with Crippen LogP contribution in [0.2, 0.25) is 0 Å². The first kappa shape index (κ1) is 41.6. The molecular weight excluding hydrogens is 857 g/mol. The topological polar surface area (TPSA) is 51.6 Å². The molecule has 66 heavy (non-hydrogen) atoms. The Hall–Kier alpha value is -8.38. The number of halogens is 8. The average Bonchev–Trinajstić information content (AvgIpc) is 3.90. The Labute approximate surface area is 368 Å². The highest BCUT2D eigenvalue weighted by atomic mass is 20.0. The number of fused-ring (bicyclic) bond motifs is 13. The van der Waals surface area contributed by atoms with E-state index >= 15 is 0 Å². The second-order valence-corrected chi connectivity index (χ2v) is 15.8. The molecule has 0 fully saturated rings. The van der Waals surface area contributed by atoms with Crippen LogP contribution in [-0.4, -0.2) is 20.4 Å². The van der Waals surface area contributed by atoms with Gasteiger partial charge in [-0.3, -0.25) is 0 Å². The molecule has 2 heterocycles. The van der Waals surface area contributed by atoms with E-state index in [0.29, 0.717) is 0 Å². The highest BCUT2D eigenvalue weighted by Gasteiger charge is 2.29. The van der Waals surface area contributed by atoms with Crippen molar-refractivity contribution in [1.82, 2.24) is 20.4 Å². The summed E-state index contributed by atoms with van der Waals surface area (Å²) in [6, 6.07) is 58.8. The van der Waals surface area contributed by atoms with Gasteiger partial charge in [0.25, 0.3) is 0 Å². The molecule has 0 radical (unpaired) electrons. The van der Waals surface area contributed by atoms with Crippen LogP contribution in [0.25, 0.3) is 142 Å². The Morgan fingerprint density at radius 2 is 0.652 bits per heavy atom. The van der Waals surface area contributed by atoms with Crippen LogP contribution >= 0.6 is 0 Å². The summed E-state index contributed by atoms with van der Waals surface area (Å²) in [7, 11) is 0. The summed E-state index contributed by atoms with van der Waals surface area (Å²) >= 11 is 0. The van der Waals surface area contributed by atoms with Gasteiger partial charge >= 0.3 is 0 Å². The molecule has 0 saturated heterocycles. The molecule has 10 aromatic carbocycles. The van der Waals surface area contributed by atoms with Crippen molar-refractivity contribution in [2.45, 2.75) is 0 Å². The van der Waals surface area contributed by atoms with Crippen molar-refractivity contribution in [1.29, 1.82) is 0 Å². The van der Waals surface area contributed by atoms with E-state index in [1.807, 2.05) is 0 Å². The summed E-state index contributed by atoms with van der Waals surface area (Å²) in [6.07, 6.45) is 3.57. The van der Waals surface area contributed by atoms with E-state index in [4.69, 9.17) is 36.6 Å². The zero-order chi connectivity index (χ0) is 45.6. The van der Waals surface area contributed by atoms with Crippen LogP contribution < -0.4 is 0 Å². The molecule has 14 rings (SSSR count). The van der Waals surface area contributed by atoms with Crippen LogP contribution in [-0.2, 0) is 0 Å². The molecule has 2 aliphatic rings. The number of hydrogen-bond donors (Lipinski definition) is 0. The lowest BCUT2D eigenvalue weighted by Crippen LogP contribution is -1.93. The van der Waals surface area contributed by atoms with Crippen LogP contribution in [0, 0.1) is 0 Å². The fraction of sp³-hybridized carbons (Fsp3) is 0. The van der Waals surface area contributed by atoms with Gasteiger partial charge in [0.05, 0.1) is 23.4 Å². The van der Waals surface area contributed by atoms with E-state index in [9.17, 15) is 0 Å². The Morgan fingerprint density at radius 3 is 1.06 bits per heavy atom. The minimum absolute atomic E-state index is 0.894. The molecular formula is C54H28F8N4. The van der Waals surface area contributed by atoms with E-state index in [2.05, 4.69) is 178 Å². The van der Waals surface area contributed by atoms with E-state index < -0.39 is 0 Å². The number of rotatable bonds is 2. The third-order valence-electron chi connectivity index (χ3n) is 13.0. The third kappa shape index (κ3) is 6.05. The van der Waals surface area contributed by atoms with Crippen molar-refractivity contribution < 1.29 is 36.6 Å².